The largest absolute Gasteiger partial charge is 0.460 e. The molecule has 0 aromatic rings. The zero-order valence-electron chi connectivity index (χ0n) is 9.60. The van der Waals surface area contributed by atoms with Crippen molar-refractivity contribution in [2.75, 3.05) is 13.2 Å². The van der Waals surface area contributed by atoms with Crippen LogP contribution in [0.3, 0.4) is 0 Å². The molecule has 1 fully saturated rings. The maximum atomic E-state index is 11.1. The predicted molar refractivity (Wildman–Crippen MR) is 52.2 cm³/mol. The third-order valence-corrected chi connectivity index (χ3v) is 1.85. The molecule has 1 aliphatic heterocycles. The Kier molecular flexibility index (Phi) is 4.70. The van der Waals surface area contributed by atoms with Gasteiger partial charge in [0.2, 0.25) is 6.29 Å². The van der Waals surface area contributed by atoms with Crippen molar-refractivity contribution < 1.29 is 28.5 Å². The molecule has 1 heterocycles. The SMILES string of the molecule is CC(=O)OC1COC(COC(=O)C(C)C)O1. The van der Waals surface area contributed by atoms with Gasteiger partial charge in [-0.25, -0.2) is 0 Å². The molecule has 92 valence electrons. The number of carbonyl (C=O) groups excluding carboxylic acids is 2. The van der Waals surface area contributed by atoms with Crippen molar-refractivity contribution in [2.45, 2.75) is 33.4 Å². The molecule has 2 unspecified atom stereocenters. The molecule has 0 radical (unpaired) electrons. The molecule has 0 bridgehead atoms. The van der Waals surface area contributed by atoms with Gasteiger partial charge in [0.1, 0.15) is 13.2 Å². The number of ether oxygens (including phenoxy) is 4. The van der Waals surface area contributed by atoms with E-state index in [-0.39, 0.29) is 25.1 Å². The minimum atomic E-state index is -0.708. The monoisotopic (exact) mass is 232 g/mol. The zero-order valence-corrected chi connectivity index (χ0v) is 9.60. The van der Waals surface area contributed by atoms with Crippen LogP contribution in [-0.2, 0) is 28.5 Å². The molecule has 2 atom stereocenters. The highest BCUT2D eigenvalue weighted by Gasteiger charge is 2.29. The van der Waals surface area contributed by atoms with Gasteiger partial charge in [-0.15, -0.1) is 0 Å². The fourth-order valence-electron chi connectivity index (χ4n) is 1.08. The van der Waals surface area contributed by atoms with Crippen LogP contribution in [0.5, 0.6) is 0 Å². The molecular weight excluding hydrogens is 216 g/mol. The van der Waals surface area contributed by atoms with Gasteiger partial charge in [-0.05, 0) is 0 Å². The highest BCUT2D eigenvalue weighted by molar-refractivity contribution is 5.71. The van der Waals surface area contributed by atoms with Gasteiger partial charge in [-0.2, -0.15) is 0 Å². The summed E-state index contributed by atoms with van der Waals surface area (Å²) in [7, 11) is 0. The molecule has 0 aromatic heterocycles. The minimum Gasteiger partial charge on any atom is -0.460 e. The van der Waals surface area contributed by atoms with Gasteiger partial charge in [0, 0.05) is 6.92 Å². The summed E-state index contributed by atoms with van der Waals surface area (Å²) < 4.78 is 20.0. The average Bonchev–Trinajstić information content (AvgIpc) is 2.60. The van der Waals surface area contributed by atoms with Crippen LogP contribution in [0.1, 0.15) is 20.8 Å². The summed E-state index contributed by atoms with van der Waals surface area (Å²) in [6.07, 6.45) is -1.37. The Morgan fingerprint density at radius 1 is 1.44 bits per heavy atom. The number of carbonyl (C=O) groups is 2. The van der Waals surface area contributed by atoms with Crippen LogP contribution in [0.2, 0.25) is 0 Å². The number of hydrogen-bond acceptors (Lipinski definition) is 6. The summed E-state index contributed by atoms with van der Waals surface area (Å²) >= 11 is 0. The zero-order chi connectivity index (χ0) is 12.1. The normalized spacial score (nSPS) is 24.5. The molecule has 0 spiro atoms. The molecule has 6 heteroatoms. The molecular formula is C10H16O6. The average molecular weight is 232 g/mol. The molecule has 0 aromatic carbocycles. The Hall–Kier alpha value is -1.14. The van der Waals surface area contributed by atoms with E-state index in [1.54, 1.807) is 13.8 Å². The maximum absolute atomic E-state index is 11.1. The molecule has 0 N–H and O–H groups in total. The molecule has 1 saturated heterocycles. The van der Waals surface area contributed by atoms with E-state index in [4.69, 9.17) is 18.9 Å². The minimum absolute atomic E-state index is 0.00871. The summed E-state index contributed by atoms with van der Waals surface area (Å²) in [5, 5.41) is 0. The van der Waals surface area contributed by atoms with Crippen molar-refractivity contribution in [3.63, 3.8) is 0 Å². The molecule has 0 aliphatic carbocycles. The van der Waals surface area contributed by atoms with Crippen molar-refractivity contribution in [3.05, 3.63) is 0 Å². The van der Waals surface area contributed by atoms with E-state index in [1.807, 2.05) is 0 Å². The second kappa shape index (κ2) is 5.81. The molecule has 0 amide bonds. The number of hydrogen-bond donors (Lipinski definition) is 0. The second-order valence-corrected chi connectivity index (χ2v) is 3.72. The Balaban J connectivity index is 2.21. The van der Waals surface area contributed by atoms with Gasteiger partial charge in [0.05, 0.1) is 5.92 Å². The lowest BCUT2D eigenvalue weighted by molar-refractivity contribution is -0.184. The van der Waals surface area contributed by atoms with E-state index in [2.05, 4.69) is 0 Å². The molecule has 1 aliphatic rings. The first-order chi connectivity index (χ1) is 7.49. The first kappa shape index (κ1) is 12.9. The smallest absolute Gasteiger partial charge is 0.308 e. The van der Waals surface area contributed by atoms with E-state index in [0.29, 0.717) is 0 Å². The standard InChI is InChI=1S/C10H16O6/c1-6(2)10(12)14-4-8-13-5-9(16-8)15-7(3)11/h6,8-9H,4-5H2,1-3H3. The van der Waals surface area contributed by atoms with Gasteiger partial charge in [0.25, 0.3) is 0 Å². The summed E-state index contributed by atoms with van der Waals surface area (Å²) in [5.41, 5.74) is 0. The predicted octanol–water partition coefficient (Wildman–Crippen LogP) is 0.448. The van der Waals surface area contributed by atoms with Crippen molar-refractivity contribution in [1.29, 1.82) is 0 Å². The summed E-state index contributed by atoms with van der Waals surface area (Å²) in [6.45, 7) is 4.93. The van der Waals surface area contributed by atoms with Crippen LogP contribution >= 0.6 is 0 Å². The number of esters is 2. The molecule has 0 saturated carbocycles. The van der Waals surface area contributed by atoms with Gasteiger partial charge >= 0.3 is 11.9 Å². The Bertz CT molecular complexity index is 262. The van der Waals surface area contributed by atoms with Crippen molar-refractivity contribution in [2.24, 2.45) is 5.92 Å². The highest BCUT2D eigenvalue weighted by Crippen LogP contribution is 2.13. The van der Waals surface area contributed by atoms with Crippen molar-refractivity contribution in [1.82, 2.24) is 0 Å². The first-order valence-electron chi connectivity index (χ1n) is 5.10. The van der Waals surface area contributed by atoms with Crippen LogP contribution in [0.15, 0.2) is 0 Å². The van der Waals surface area contributed by atoms with Gasteiger partial charge in [0.15, 0.2) is 6.29 Å². The Morgan fingerprint density at radius 2 is 2.12 bits per heavy atom. The van der Waals surface area contributed by atoms with Crippen LogP contribution in [0.25, 0.3) is 0 Å². The van der Waals surface area contributed by atoms with Gasteiger partial charge in [-0.3, -0.25) is 9.59 Å². The van der Waals surface area contributed by atoms with E-state index in [0.717, 1.165) is 0 Å². The van der Waals surface area contributed by atoms with E-state index >= 15 is 0 Å². The number of rotatable bonds is 4. The lowest BCUT2D eigenvalue weighted by atomic mass is 10.2. The fourth-order valence-corrected chi connectivity index (χ4v) is 1.08. The third-order valence-electron chi connectivity index (χ3n) is 1.85. The molecule has 16 heavy (non-hydrogen) atoms. The van der Waals surface area contributed by atoms with E-state index in [9.17, 15) is 9.59 Å². The first-order valence-corrected chi connectivity index (χ1v) is 5.10. The second-order valence-electron chi connectivity index (χ2n) is 3.72. The van der Waals surface area contributed by atoms with Gasteiger partial charge in [-0.1, -0.05) is 13.8 Å². The van der Waals surface area contributed by atoms with Crippen LogP contribution in [0, 0.1) is 5.92 Å². The topological polar surface area (TPSA) is 71.1 Å². The lowest BCUT2D eigenvalue weighted by Gasteiger charge is -2.12. The van der Waals surface area contributed by atoms with Crippen LogP contribution < -0.4 is 0 Å². The van der Waals surface area contributed by atoms with Crippen molar-refractivity contribution in [3.8, 4) is 0 Å². The van der Waals surface area contributed by atoms with Crippen LogP contribution in [0.4, 0.5) is 0 Å². The Labute approximate surface area is 93.8 Å². The van der Waals surface area contributed by atoms with E-state index < -0.39 is 18.5 Å². The third kappa shape index (κ3) is 4.16. The summed E-state index contributed by atoms with van der Waals surface area (Å²) in [6, 6.07) is 0. The molecule has 1 rings (SSSR count). The maximum Gasteiger partial charge on any atom is 0.308 e. The van der Waals surface area contributed by atoms with E-state index in [1.165, 1.54) is 6.92 Å². The highest BCUT2D eigenvalue weighted by atomic mass is 16.8. The Morgan fingerprint density at radius 3 is 2.69 bits per heavy atom. The lowest BCUT2D eigenvalue weighted by Crippen LogP contribution is -2.24. The van der Waals surface area contributed by atoms with Crippen molar-refractivity contribution >= 4 is 11.9 Å². The van der Waals surface area contributed by atoms with Crippen LogP contribution in [-0.4, -0.2) is 37.7 Å². The quantitative estimate of drug-likeness (QED) is 0.655. The summed E-state index contributed by atoms with van der Waals surface area (Å²) in [5.74, 6) is -0.942. The summed E-state index contributed by atoms with van der Waals surface area (Å²) in [4.78, 5) is 21.8. The van der Waals surface area contributed by atoms with Gasteiger partial charge < -0.3 is 18.9 Å². The fraction of sp³-hybridized carbons (Fsp3) is 0.800. The molecule has 6 nitrogen and oxygen atoms in total.